The van der Waals surface area contributed by atoms with Crippen LogP contribution in [0.15, 0.2) is 16.6 Å². The molecule has 2 rings (SSSR count). The van der Waals surface area contributed by atoms with Crippen LogP contribution in [0.25, 0.3) is 11.1 Å². The average Bonchev–Trinajstić information content (AvgIpc) is 2.53. The van der Waals surface area contributed by atoms with E-state index in [1.165, 1.54) is 0 Å². The van der Waals surface area contributed by atoms with Gasteiger partial charge in [0.05, 0.1) is 17.3 Å². The third kappa shape index (κ3) is 3.03. The van der Waals surface area contributed by atoms with Crippen molar-refractivity contribution in [1.82, 2.24) is 4.98 Å². The number of aromatic nitrogens is 1. The number of amides is 1. The summed E-state index contributed by atoms with van der Waals surface area (Å²) >= 11 is 3.57. The van der Waals surface area contributed by atoms with Crippen molar-refractivity contribution in [2.45, 2.75) is 20.8 Å². The zero-order chi connectivity index (χ0) is 18.0. The van der Waals surface area contributed by atoms with Gasteiger partial charge in [0.25, 0.3) is 5.91 Å². The molecule has 0 aliphatic rings. The van der Waals surface area contributed by atoms with E-state index < -0.39 is 5.91 Å². The van der Waals surface area contributed by atoms with E-state index in [0.717, 1.165) is 22.4 Å². The van der Waals surface area contributed by atoms with Crippen LogP contribution < -0.4 is 21.5 Å². The van der Waals surface area contributed by atoms with Crippen molar-refractivity contribution in [3.8, 4) is 16.9 Å². The first-order valence-electron chi connectivity index (χ1n) is 7.50. The minimum atomic E-state index is -0.668. The van der Waals surface area contributed by atoms with E-state index in [1.54, 1.807) is 7.11 Å². The Morgan fingerprint density at radius 2 is 2.00 bits per heavy atom. The first-order valence-corrected chi connectivity index (χ1v) is 8.29. The standard InChI is InChI=1S/C17H21BrN4O2/c1-5-21-17-13(18)12(14(19)15(22-17)16(20)23)11-8(2)6-7-10(24-4)9(11)3/h6-7H,5,19H2,1-4H3,(H2,20,23)(H,21,22). The number of halogens is 1. The summed E-state index contributed by atoms with van der Waals surface area (Å²) in [6.07, 6.45) is 0. The Bertz CT molecular complexity index is 806. The zero-order valence-corrected chi connectivity index (χ0v) is 15.7. The van der Waals surface area contributed by atoms with Gasteiger partial charge in [0.1, 0.15) is 11.6 Å². The number of carbonyl (C=O) groups is 1. The highest BCUT2D eigenvalue weighted by molar-refractivity contribution is 9.10. The van der Waals surface area contributed by atoms with E-state index in [0.29, 0.717) is 22.4 Å². The molecule has 2 aromatic rings. The molecule has 0 saturated heterocycles. The van der Waals surface area contributed by atoms with E-state index in [2.05, 4.69) is 26.2 Å². The minimum Gasteiger partial charge on any atom is -0.496 e. The second-order valence-electron chi connectivity index (χ2n) is 5.39. The minimum absolute atomic E-state index is 0.0470. The molecule has 1 amide bonds. The van der Waals surface area contributed by atoms with Crippen molar-refractivity contribution < 1.29 is 9.53 Å². The van der Waals surface area contributed by atoms with Gasteiger partial charge in [-0.2, -0.15) is 0 Å². The molecular formula is C17H21BrN4O2. The summed E-state index contributed by atoms with van der Waals surface area (Å²) in [5.41, 5.74) is 15.5. The number of benzene rings is 1. The number of aryl methyl sites for hydroxylation is 1. The second kappa shape index (κ2) is 7.09. The van der Waals surface area contributed by atoms with Gasteiger partial charge in [0.2, 0.25) is 0 Å². The number of pyridine rings is 1. The van der Waals surface area contributed by atoms with Gasteiger partial charge in [-0.15, -0.1) is 0 Å². The number of hydrogen-bond acceptors (Lipinski definition) is 5. The molecule has 1 aromatic heterocycles. The molecule has 0 radical (unpaired) electrons. The lowest BCUT2D eigenvalue weighted by molar-refractivity contribution is 0.0996. The van der Waals surface area contributed by atoms with Crippen LogP contribution in [0.2, 0.25) is 0 Å². The summed E-state index contributed by atoms with van der Waals surface area (Å²) in [4.78, 5) is 16.0. The van der Waals surface area contributed by atoms with Crippen LogP contribution in [0.1, 0.15) is 28.5 Å². The van der Waals surface area contributed by atoms with Gasteiger partial charge in [-0.25, -0.2) is 4.98 Å². The van der Waals surface area contributed by atoms with Crippen LogP contribution in [0.3, 0.4) is 0 Å². The lowest BCUT2D eigenvalue weighted by Crippen LogP contribution is -2.18. The summed E-state index contributed by atoms with van der Waals surface area (Å²) in [7, 11) is 1.62. The van der Waals surface area contributed by atoms with E-state index in [1.807, 2.05) is 32.9 Å². The Morgan fingerprint density at radius 1 is 1.33 bits per heavy atom. The molecule has 0 unspecified atom stereocenters. The first-order chi connectivity index (χ1) is 11.3. The number of nitrogens with zero attached hydrogens (tertiary/aromatic N) is 1. The van der Waals surface area contributed by atoms with Crippen molar-refractivity contribution in [2.24, 2.45) is 5.73 Å². The van der Waals surface area contributed by atoms with Gasteiger partial charge in [-0.1, -0.05) is 6.07 Å². The molecule has 128 valence electrons. The molecule has 24 heavy (non-hydrogen) atoms. The molecule has 0 aliphatic carbocycles. The quantitative estimate of drug-likeness (QED) is 0.724. The Kier molecular flexibility index (Phi) is 5.33. The number of nitrogens with two attached hydrogens (primary N) is 2. The summed E-state index contributed by atoms with van der Waals surface area (Å²) in [6.45, 7) is 6.51. The van der Waals surface area contributed by atoms with Crippen molar-refractivity contribution in [3.05, 3.63) is 33.4 Å². The maximum absolute atomic E-state index is 11.8. The van der Waals surface area contributed by atoms with Gasteiger partial charge in [-0.05, 0) is 59.5 Å². The van der Waals surface area contributed by atoms with Crippen LogP contribution >= 0.6 is 15.9 Å². The molecule has 0 bridgehead atoms. The first kappa shape index (κ1) is 18.1. The van der Waals surface area contributed by atoms with Gasteiger partial charge in [0, 0.05) is 12.1 Å². The Hall–Kier alpha value is -2.28. The van der Waals surface area contributed by atoms with Crippen molar-refractivity contribution in [1.29, 1.82) is 0 Å². The number of hydrogen-bond donors (Lipinski definition) is 3. The number of primary amides is 1. The van der Waals surface area contributed by atoms with Crippen LogP contribution in [0, 0.1) is 13.8 Å². The zero-order valence-electron chi connectivity index (χ0n) is 14.2. The fourth-order valence-electron chi connectivity index (χ4n) is 2.73. The smallest absolute Gasteiger partial charge is 0.269 e. The highest BCUT2D eigenvalue weighted by Crippen LogP contribution is 2.43. The summed E-state index contributed by atoms with van der Waals surface area (Å²) in [5.74, 6) is 0.597. The summed E-state index contributed by atoms with van der Waals surface area (Å²) in [6, 6.07) is 3.85. The molecule has 0 aliphatic heterocycles. The third-order valence-corrected chi connectivity index (χ3v) is 4.62. The van der Waals surface area contributed by atoms with Gasteiger partial charge in [0.15, 0.2) is 5.69 Å². The molecule has 0 saturated carbocycles. The topological polar surface area (TPSA) is 103 Å². The predicted molar refractivity (Wildman–Crippen MR) is 100 cm³/mol. The SMILES string of the molecule is CCNc1nc(C(N)=O)c(N)c(-c2c(C)ccc(OC)c2C)c1Br. The van der Waals surface area contributed by atoms with Crippen molar-refractivity contribution in [2.75, 3.05) is 24.7 Å². The fourth-order valence-corrected chi connectivity index (χ4v) is 3.37. The van der Waals surface area contributed by atoms with Gasteiger partial charge in [-0.3, -0.25) is 4.79 Å². The van der Waals surface area contributed by atoms with E-state index in [9.17, 15) is 4.79 Å². The number of methoxy groups -OCH3 is 1. The molecule has 1 aromatic carbocycles. The Labute approximate surface area is 149 Å². The van der Waals surface area contributed by atoms with Crippen molar-refractivity contribution in [3.63, 3.8) is 0 Å². The number of nitrogens with one attached hydrogen (secondary N) is 1. The number of nitrogen functional groups attached to an aromatic ring is 1. The maximum Gasteiger partial charge on any atom is 0.269 e. The highest BCUT2D eigenvalue weighted by Gasteiger charge is 2.23. The number of carbonyl (C=O) groups excluding carboxylic acids is 1. The molecule has 0 spiro atoms. The third-order valence-electron chi connectivity index (χ3n) is 3.85. The fraction of sp³-hybridized carbons (Fsp3) is 0.294. The van der Waals surface area contributed by atoms with Crippen LogP contribution in [-0.2, 0) is 0 Å². The van der Waals surface area contributed by atoms with Crippen LogP contribution in [-0.4, -0.2) is 24.5 Å². The largest absolute Gasteiger partial charge is 0.496 e. The molecule has 1 heterocycles. The van der Waals surface area contributed by atoms with Crippen LogP contribution in [0.4, 0.5) is 11.5 Å². The average molecular weight is 393 g/mol. The predicted octanol–water partition coefficient (Wildman–Crippen LogP) is 3.25. The molecule has 6 nitrogen and oxygen atoms in total. The number of ether oxygens (including phenoxy) is 1. The highest BCUT2D eigenvalue weighted by atomic mass is 79.9. The maximum atomic E-state index is 11.8. The van der Waals surface area contributed by atoms with Gasteiger partial charge >= 0.3 is 0 Å². The van der Waals surface area contributed by atoms with E-state index in [4.69, 9.17) is 16.2 Å². The van der Waals surface area contributed by atoms with Crippen LogP contribution in [0.5, 0.6) is 5.75 Å². The Morgan fingerprint density at radius 3 is 2.54 bits per heavy atom. The molecule has 5 N–H and O–H groups in total. The normalized spacial score (nSPS) is 10.5. The van der Waals surface area contributed by atoms with E-state index >= 15 is 0 Å². The second-order valence-corrected chi connectivity index (χ2v) is 6.18. The summed E-state index contributed by atoms with van der Waals surface area (Å²) < 4.78 is 6.10. The van der Waals surface area contributed by atoms with Gasteiger partial charge < -0.3 is 21.5 Å². The molecule has 7 heteroatoms. The lowest BCUT2D eigenvalue weighted by atomic mass is 9.93. The summed E-state index contributed by atoms with van der Waals surface area (Å²) in [5, 5.41) is 3.12. The number of rotatable bonds is 5. The van der Waals surface area contributed by atoms with E-state index in [-0.39, 0.29) is 11.4 Å². The lowest BCUT2D eigenvalue weighted by Gasteiger charge is -2.20. The monoisotopic (exact) mass is 392 g/mol. The Balaban J connectivity index is 2.91. The number of anilines is 2. The van der Waals surface area contributed by atoms with Crippen molar-refractivity contribution >= 4 is 33.3 Å². The molecule has 0 atom stereocenters. The molecular weight excluding hydrogens is 372 g/mol. The molecule has 0 fully saturated rings.